The molecule has 4 rings (SSSR count). The maximum absolute atomic E-state index is 12.5. The molecule has 0 bridgehead atoms. The molecule has 8 nitrogen and oxygen atoms in total. The van der Waals surface area contributed by atoms with E-state index in [-0.39, 0.29) is 11.5 Å². The van der Waals surface area contributed by atoms with E-state index in [4.69, 9.17) is 13.9 Å². The number of nitrogens with one attached hydrogen (secondary N) is 2. The predicted octanol–water partition coefficient (Wildman–Crippen LogP) is 3.07. The molecule has 8 heteroatoms. The van der Waals surface area contributed by atoms with Crippen molar-refractivity contribution in [1.82, 2.24) is 10.6 Å². The summed E-state index contributed by atoms with van der Waals surface area (Å²) in [5, 5.41) is 15.5. The number of hydrogen-bond donors (Lipinski definition) is 3. The molecule has 1 aliphatic heterocycles. The molecule has 0 saturated heterocycles. The zero-order valence-corrected chi connectivity index (χ0v) is 16.9. The molecular formula is C23H20N2O6. The molecule has 2 heterocycles. The van der Waals surface area contributed by atoms with Crippen LogP contribution in [0.1, 0.15) is 21.5 Å². The van der Waals surface area contributed by atoms with Gasteiger partial charge >= 0.3 is 0 Å². The van der Waals surface area contributed by atoms with E-state index in [1.807, 2.05) is 0 Å². The highest BCUT2D eigenvalue weighted by Gasteiger charge is 2.27. The number of ether oxygens (including phenoxy) is 2. The number of carbonyl (C=O) groups excluding carboxylic acids is 2. The summed E-state index contributed by atoms with van der Waals surface area (Å²) in [6.45, 7) is 0.301. The lowest BCUT2D eigenvalue weighted by molar-refractivity contribution is -0.114. The third kappa shape index (κ3) is 3.83. The van der Waals surface area contributed by atoms with Gasteiger partial charge in [-0.15, -0.1) is 0 Å². The standard InChI is InChI=1S/C23H20N2O6/c1-29-20-8-13(7-19(26)21(20)30-2)10-24-11-18-17-9-14(15-5-6-31-12-15)3-4-16(17)22(27)25-23(18)28/h3-9,11-12,24,26H,10H2,1-2H3,(H,25,27,28)/b18-11-. The van der Waals surface area contributed by atoms with Crippen molar-refractivity contribution >= 4 is 17.4 Å². The smallest absolute Gasteiger partial charge is 0.260 e. The van der Waals surface area contributed by atoms with Crippen molar-refractivity contribution in [3.8, 4) is 28.4 Å². The molecule has 31 heavy (non-hydrogen) atoms. The molecule has 158 valence electrons. The van der Waals surface area contributed by atoms with Gasteiger partial charge in [0.1, 0.15) is 0 Å². The number of phenolic OH excluding ortho intramolecular Hbond substituents is 1. The lowest BCUT2D eigenvalue weighted by atomic mass is 9.92. The zero-order valence-electron chi connectivity index (χ0n) is 16.9. The first-order valence-corrected chi connectivity index (χ1v) is 9.42. The lowest BCUT2D eigenvalue weighted by Gasteiger charge is -2.19. The Morgan fingerprint density at radius 1 is 1.03 bits per heavy atom. The van der Waals surface area contributed by atoms with Crippen LogP contribution < -0.4 is 20.1 Å². The van der Waals surface area contributed by atoms with Gasteiger partial charge in [0.2, 0.25) is 5.75 Å². The van der Waals surface area contributed by atoms with Crippen molar-refractivity contribution in [2.45, 2.75) is 6.54 Å². The number of carbonyl (C=O) groups is 2. The van der Waals surface area contributed by atoms with Crippen LogP contribution in [-0.4, -0.2) is 31.1 Å². The number of furan rings is 1. The fourth-order valence-corrected chi connectivity index (χ4v) is 3.45. The van der Waals surface area contributed by atoms with Crippen molar-refractivity contribution in [2.24, 2.45) is 0 Å². The molecule has 1 aliphatic rings. The van der Waals surface area contributed by atoms with E-state index in [0.29, 0.717) is 34.6 Å². The van der Waals surface area contributed by atoms with Gasteiger partial charge in [-0.2, -0.15) is 0 Å². The van der Waals surface area contributed by atoms with Gasteiger partial charge in [-0.1, -0.05) is 6.07 Å². The number of methoxy groups -OCH3 is 2. The van der Waals surface area contributed by atoms with E-state index in [0.717, 1.165) is 11.1 Å². The molecular weight excluding hydrogens is 400 g/mol. The SMILES string of the molecule is COc1cc(CN/C=C2\C(=O)NC(=O)c3ccc(-c4ccoc4)cc32)cc(O)c1OC. The monoisotopic (exact) mass is 420 g/mol. The summed E-state index contributed by atoms with van der Waals surface area (Å²) in [4.78, 5) is 24.8. The Hall–Kier alpha value is -4.20. The summed E-state index contributed by atoms with van der Waals surface area (Å²) in [6, 6.07) is 10.3. The minimum Gasteiger partial charge on any atom is -0.504 e. The predicted molar refractivity (Wildman–Crippen MR) is 113 cm³/mol. The Morgan fingerprint density at radius 3 is 2.58 bits per heavy atom. The Labute approximate surface area is 178 Å². The van der Waals surface area contributed by atoms with Crippen LogP contribution in [0.15, 0.2) is 59.5 Å². The van der Waals surface area contributed by atoms with E-state index in [1.54, 1.807) is 55.1 Å². The average molecular weight is 420 g/mol. The minimum atomic E-state index is -0.496. The second kappa shape index (κ2) is 8.27. The van der Waals surface area contributed by atoms with E-state index in [9.17, 15) is 14.7 Å². The number of imide groups is 1. The van der Waals surface area contributed by atoms with Gasteiger partial charge in [0, 0.05) is 29.4 Å². The molecule has 0 fully saturated rings. The van der Waals surface area contributed by atoms with Gasteiger partial charge in [-0.25, -0.2) is 0 Å². The number of fused-ring (bicyclic) bond motifs is 1. The van der Waals surface area contributed by atoms with Crippen LogP contribution in [0.3, 0.4) is 0 Å². The minimum absolute atomic E-state index is 0.0533. The fraction of sp³-hybridized carbons (Fsp3) is 0.130. The molecule has 2 aromatic carbocycles. The number of benzene rings is 2. The topological polar surface area (TPSA) is 110 Å². The van der Waals surface area contributed by atoms with Gasteiger partial charge in [0.15, 0.2) is 11.5 Å². The van der Waals surface area contributed by atoms with E-state index >= 15 is 0 Å². The van der Waals surface area contributed by atoms with Crippen LogP contribution >= 0.6 is 0 Å². The van der Waals surface area contributed by atoms with Crippen LogP contribution in [0, 0.1) is 0 Å². The second-order valence-corrected chi connectivity index (χ2v) is 6.85. The first-order valence-electron chi connectivity index (χ1n) is 9.42. The number of phenols is 1. The summed E-state index contributed by atoms with van der Waals surface area (Å²) < 4.78 is 15.5. The number of aromatic hydroxyl groups is 1. The molecule has 3 N–H and O–H groups in total. The molecule has 0 unspecified atom stereocenters. The van der Waals surface area contributed by atoms with Gasteiger partial charge in [0.25, 0.3) is 11.8 Å². The summed E-state index contributed by atoms with van der Waals surface area (Å²) in [5.74, 6) is -0.355. The summed E-state index contributed by atoms with van der Waals surface area (Å²) in [5.41, 5.74) is 3.63. The van der Waals surface area contributed by atoms with Crippen LogP contribution in [-0.2, 0) is 11.3 Å². The zero-order chi connectivity index (χ0) is 22.0. The van der Waals surface area contributed by atoms with Crippen LogP contribution in [0.5, 0.6) is 17.2 Å². The van der Waals surface area contributed by atoms with Crippen LogP contribution in [0.2, 0.25) is 0 Å². The van der Waals surface area contributed by atoms with Crippen molar-refractivity contribution in [3.05, 3.63) is 71.8 Å². The second-order valence-electron chi connectivity index (χ2n) is 6.85. The molecule has 0 radical (unpaired) electrons. The molecule has 1 aromatic heterocycles. The van der Waals surface area contributed by atoms with E-state index < -0.39 is 11.8 Å². The molecule has 2 amide bonds. The third-order valence-electron chi connectivity index (χ3n) is 4.95. The average Bonchev–Trinajstić information content (AvgIpc) is 3.30. The van der Waals surface area contributed by atoms with Gasteiger partial charge in [-0.3, -0.25) is 14.9 Å². The molecule has 0 atom stereocenters. The largest absolute Gasteiger partial charge is 0.504 e. The van der Waals surface area contributed by atoms with Gasteiger partial charge in [-0.05, 0) is 41.5 Å². The summed E-state index contributed by atoms with van der Waals surface area (Å²) >= 11 is 0. The molecule has 0 aliphatic carbocycles. The normalized spacial score (nSPS) is 14.2. The Morgan fingerprint density at radius 2 is 1.87 bits per heavy atom. The van der Waals surface area contributed by atoms with Gasteiger partial charge in [0.05, 0.1) is 32.3 Å². The van der Waals surface area contributed by atoms with Crippen LogP contribution in [0.25, 0.3) is 16.7 Å². The number of rotatable bonds is 6. The Bertz CT molecular complexity index is 1180. The highest BCUT2D eigenvalue weighted by Crippen LogP contribution is 2.37. The summed E-state index contributed by atoms with van der Waals surface area (Å²) in [7, 11) is 2.92. The third-order valence-corrected chi connectivity index (χ3v) is 4.95. The Balaban J connectivity index is 1.63. The Kier molecular flexibility index (Phi) is 5.36. The highest BCUT2D eigenvalue weighted by molar-refractivity contribution is 6.31. The molecule has 0 saturated carbocycles. The maximum atomic E-state index is 12.5. The quantitative estimate of drug-likeness (QED) is 0.415. The highest BCUT2D eigenvalue weighted by atomic mass is 16.5. The van der Waals surface area contributed by atoms with Crippen molar-refractivity contribution in [1.29, 1.82) is 0 Å². The maximum Gasteiger partial charge on any atom is 0.260 e. The van der Waals surface area contributed by atoms with Crippen LogP contribution in [0.4, 0.5) is 0 Å². The van der Waals surface area contributed by atoms with Crippen molar-refractivity contribution in [2.75, 3.05) is 14.2 Å². The van der Waals surface area contributed by atoms with E-state index in [1.165, 1.54) is 14.2 Å². The van der Waals surface area contributed by atoms with Crippen molar-refractivity contribution < 1.29 is 28.6 Å². The van der Waals surface area contributed by atoms with E-state index in [2.05, 4.69) is 10.6 Å². The lowest BCUT2D eigenvalue weighted by Crippen LogP contribution is -2.37. The van der Waals surface area contributed by atoms with Crippen molar-refractivity contribution in [3.63, 3.8) is 0 Å². The fourth-order valence-electron chi connectivity index (χ4n) is 3.45. The van der Waals surface area contributed by atoms with Gasteiger partial charge < -0.3 is 24.3 Å². The first kappa shape index (κ1) is 20.1. The summed E-state index contributed by atoms with van der Waals surface area (Å²) in [6.07, 6.45) is 4.70. The molecule has 3 aromatic rings. The molecule has 0 spiro atoms. The first-order chi connectivity index (χ1) is 15.0. The number of hydrogen-bond acceptors (Lipinski definition) is 7. The number of amides is 2.